The fraction of sp³-hybridized carbons (Fsp3) is 0.917. The lowest BCUT2D eigenvalue weighted by Gasteiger charge is -2.32. The van der Waals surface area contributed by atoms with Gasteiger partial charge in [0, 0.05) is 32.1 Å². The molecule has 0 bridgehead atoms. The van der Waals surface area contributed by atoms with Gasteiger partial charge in [-0.25, -0.2) is 0 Å². The standard InChI is InChI=1S/C12H25N3O2/c1-3-10(13)7-12(16)14-8-11-9-15(4-2)5-6-17-11/h10-11H,3-9,13H2,1-2H3,(H,14,16). The van der Waals surface area contributed by atoms with E-state index < -0.39 is 0 Å². The lowest BCUT2D eigenvalue weighted by atomic mass is 10.1. The van der Waals surface area contributed by atoms with E-state index in [4.69, 9.17) is 10.5 Å². The third-order valence-electron chi connectivity index (χ3n) is 3.17. The van der Waals surface area contributed by atoms with E-state index in [9.17, 15) is 4.79 Å². The van der Waals surface area contributed by atoms with Gasteiger partial charge in [-0.1, -0.05) is 13.8 Å². The Balaban J connectivity index is 2.19. The van der Waals surface area contributed by atoms with Crippen molar-refractivity contribution in [1.29, 1.82) is 0 Å². The van der Waals surface area contributed by atoms with E-state index in [0.29, 0.717) is 13.0 Å². The zero-order valence-corrected chi connectivity index (χ0v) is 10.9. The van der Waals surface area contributed by atoms with E-state index in [2.05, 4.69) is 17.1 Å². The molecule has 1 amide bonds. The van der Waals surface area contributed by atoms with Gasteiger partial charge >= 0.3 is 0 Å². The maximum atomic E-state index is 11.5. The van der Waals surface area contributed by atoms with Gasteiger partial charge in [-0.15, -0.1) is 0 Å². The molecule has 17 heavy (non-hydrogen) atoms. The highest BCUT2D eigenvalue weighted by Crippen LogP contribution is 2.03. The van der Waals surface area contributed by atoms with Crippen LogP contribution in [-0.2, 0) is 9.53 Å². The van der Waals surface area contributed by atoms with Gasteiger partial charge in [-0.05, 0) is 13.0 Å². The van der Waals surface area contributed by atoms with Crippen molar-refractivity contribution in [3.63, 3.8) is 0 Å². The first-order chi connectivity index (χ1) is 8.15. The summed E-state index contributed by atoms with van der Waals surface area (Å²) in [5, 5.41) is 2.89. The van der Waals surface area contributed by atoms with Crippen molar-refractivity contribution in [2.45, 2.75) is 38.8 Å². The van der Waals surface area contributed by atoms with Crippen LogP contribution in [0.15, 0.2) is 0 Å². The van der Waals surface area contributed by atoms with Gasteiger partial charge in [0.1, 0.15) is 0 Å². The molecule has 0 aromatic carbocycles. The number of hydrogen-bond donors (Lipinski definition) is 2. The third-order valence-corrected chi connectivity index (χ3v) is 3.17. The predicted octanol–water partition coefficient (Wildman–Crippen LogP) is -0.0493. The first-order valence-corrected chi connectivity index (χ1v) is 6.51. The van der Waals surface area contributed by atoms with E-state index in [1.807, 2.05) is 6.92 Å². The number of nitrogens with two attached hydrogens (primary N) is 1. The van der Waals surface area contributed by atoms with Gasteiger partial charge in [0.05, 0.1) is 12.7 Å². The summed E-state index contributed by atoms with van der Waals surface area (Å²) in [5.41, 5.74) is 5.73. The molecule has 0 aromatic heterocycles. The molecule has 0 aliphatic carbocycles. The summed E-state index contributed by atoms with van der Waals surface area (Å²) >= 11 is 0. The molecule has 1 aliphatic rings. The molecule has 100 valence electrons. The van der Waals surface area contributed by atoms with Gasteiger partial charge in [0.2, 0.25) is 5.91 Å². The molecule has 0 radical (unpaired) electrons. The predicted molar refractivity (Wildman–Crippen MR) is 67.7 cm³/mol. The van der Waals surface area contributed by atoms with Gasteiger partial charge in [0.25, 0.3) is 0 Å². The van der Waals surface area contributed by atoms with E-state index in [-0.39, 0.29) is 18.1 Å². The molecule has 3 N–H and O–H groups in total. The first-order valence-electron chi connectivity index (χ1n) is 6.51. The fourth-order valence-electron chi connectivity index (χ4n) is 1.87. The highest BCUT2D eigenvalue weighted by atomic mass is 16.5. The second-order valence-electron chi connectivity index (χ2n) is 4.56. The van der Waals surface area contributed by atoms with Crippen LogP contribution in [0.1, 0.15) is 26.7 Å². The number of nitrogens with one attached hydrogen (secondary N) is 1. The summed E-state index contributed by atoms with van der Waals surface area (Å²) in [6.45, 7) is 8.39. The summed E-state index contributed by atoms with van der Waals surface area (Å²) < 4.78 is 5.60. The fourth-order valence-corrected chi connectivity index (χ4v) is 1.87. The molecule has 1 heterocycles. The van der Waals surface area contributed by atoms with Crippen LogP contribution in [0.3, 0.4) is 0 Å². The van der Waals surface area contributed by atoms with Crippen LogP contribution in [0.5, 0.6) is 0 Å². The molecular weight excluding hydrogens is 218 g/mol. The average Bonchev–Trinajstić information content (AvgIpc) is 2.36. The quantitative estimate of drug-likeness (QED) is 0.686. The molecule has 2 unspecified atom stereocenters. The molecule has 0 aromatic rings. The van der Waals surface area contributed by atoms with Crippen LogP contribution >= 0.6 is 0 Å². The summed E-state index contributed by atoms with van der Waals surface area (Å²) in [5.74, 6) is 0.0246. The Morgan fingerprint density at radius 1 is 1.59 bits per heavy atom. The zero-order valence-electron chi connectivity index (χ0n) is 10.9. The molecule has 1 aliphatic heterocycles. The minimum atomic E-state index is -0.0329. The molecule has 5 nitrogen and oxygen atoms in total. The molecular formula is C12H25N3O2. The maximum Gasteiger partial charge on any atom is 0.221 e. The zero-order chi connectivity index (χ0) is 12.7. The molecule has 0 spiro atoms. The average molecular weight is 243 g/mol. The number of amides is 1. The topological polar surface area (TPSA) is 67.6 Å². The van der Waals surface area contributed by atoms with Crippen LogP contribution in [0.2, 0.25) is 0 Å². The van der Waals surface area contributed by atoms with Crippen LogP contribution < -0.4 is 11.1 Å². The number of ether oxygens (including phenoxy) is 1. The second kappa shape index (κ2) is 7.63. The maximum absolute atomic E-state index is 11.5. The largest absolute Gasteiger partial charge is 0.374 e. The molecule has 2 atom stereocenters. The Kier molecular flexibility index (Phi) is 6.47. The van der Waals surface area contributed by atoms with E-state index in [1.54, 1.807) is 0 Å². The van der Waals surface area contributed by atoms with Crippen molar-refractivity contribution >= 4 is 5.91 Å². The monoisotopic (exact) mass is 243 g/mol. The van der Waals surface area contributed by atoms with Gasteiger partial charge in [0.15, 0.2) is 0 Å². The SMILES string of the molecule is CCC(N)CC(=O)NCC1CN(CC)CCO1. The Morgan fingerprint density at radius 3 is 3.00 bits per heavy atom. The lowest BCUT2D eigenvalue weighted by molar-refractivity contribution is -0.122. The lowest BCUT2D eigenvalue weighted by Crippen LogP contribution is -2.47. The summed E-state index contributed by atoms with van der Waals surface area (Å²) in [7, 11) is 0. The van der Waals surface area contributed by atoms with Crippen molar-refractivity contribution < 1.29 is 9.53 Å². The molecule has 0 saturated carbocycles. The summed E-state index contributed by atoms with van der Waals surface area (Å²) in [6.07, 6.45) is 1.35. The van der Waals surface area contributed by atoms with E-state index in [0.717, 1.165) is 32.7 Å². The van der Waals surface area contributed by atoms with Crippen LogP contribution in [0, 0.1) is 0 Å². The molecule has 1 rings (SSSR count). The van der Waals surface area contributed by atoms with Crippen LogP contribution in [0.4, 0.5) is 0 Å². The Hall–Kier alpha value is -0.650. The van der Waals surface area contributed by atoms with Gasteiger partial charge in [-0.3, -0.25) is 9.69 Å². The minimum absolute atomic E-state index is 0.0246. The molecule has 5 heteroatoms. The number of morpholine rings is 1. The van der Waals surface area contributed by atoms with Crippen molar-refractivity contribution in [2.24, 2.45) is 5.73 Å². The van der Waals surface area contributed by atoms with Crippen LogP contribution in [-0.4, -0.2) is 55.7 Å². The minimum Gasteiger partial charge on any atom is -0.374 e. The highest BCUT2D eigenvalue weighted by molar-refractivity contribution is 5.76. The van der Waals surface area contributed by atoms with Crippen molar-refractivity contribution in [2.75, 3.05) is 32.8 Å². The second-order valence-corrected chi connectivity index (χ2v) is 4.56. The van der Waals surface area contributed by atoms with E-state index >= 15 is 0 Å². The molecule has 1 fully saturated rings. The van der Waals surface area contributed by atoms with E-state index in [1.165, 1.54) is 0 Å². The number of likely N-dealkylation sites (N-methyl/N-ethyl adjacent to an activating group) is 1. The van der Waals surface area contributed by atoms with Crippen molar-refractivity contribution in [3.05, 3.63) is 0 Å². The first kappa shape index (κ1) is 14.4. The number of carbonyl (C=O) groups excluding carboxylic acids is 1. The normalized spacial score (nSPS) is 23.4. The smallest absolute Gasteiger partial charge is 0.221 e. The number of carbonyl (C=O) groups is 1. The summed E-state index contributed by atoms with van der Waals surface area (Å²) in [6, 6.07) is -0.0329. The Bertz CT molecular complexity index is 236. The third kappa shape index (κ3) is 5.48. The Morgan fingerprint density at radius 2 is 2.35 bits per heavy atom. The summed E-state index contributed by atoms with van der Waals surface area (Å²) in [4.78, 5) is 13.9. The highest BCUT2D eigenvalue weighted by Gasteiger charge is 2.19. The van der Waals surface area contributed by atoms with Crippen molar-refractivity contribution in [3.8, 4) is 0 Å². The number of hydrogen-bond acceptors (Lipinski definition) is 4. The van der Waals surface area contributed by atoms with Gasteiger partial charge < -0.3 is 15.8 Å². The number of rotatable bonds is 6. The molecule has 1 saturated heterocycles. The van der Waals surface area contributed by atoms with Gasteiger partial charge in [-0.2, -0.15) is 0 Å². The van der Waals surface area contributed by atoms with Crippen LogP contribution in [0.25, 0.3) is 0 Å². The van der Waals surface area contributed by atoms with Crippen molar-refractivity contribution in [1.82, 2.24) is 10.2 Å². The Labute approximate surface area is 104 Å². The number of nitrogens with zero attached hydrogens (tertiary/aromatic N) is 1.